The summed E-state index contributed by atoms with van der Waals surface area (Å²) in [7, 11) is 3.49. The Morgan fingerprint density at radius 2 is 1.79 bits per heavy atom. The highest BCUT2D eigenvalue weighted by molar-refractivity contribution is 6.30. The van der Waals surface area contributed by atoms with Crippen molar-refractivity contribution in [3.63, 3.8) is 0 Å². The first-order valence-electron chi connectivity index (χ1n) is 9.10. The van der Waals surface area contributed by atoms with Gasteiger partial charge < -0.3 is 15.0 Å². The number of nitrogens with zero attached hydrogens (tertiary/aromatic N) is 2. The van der Waals surface area contributed by atoms with Crippen LogP contribution in [0.15, 0.2) is 54.6 Å². The number of carbonyl (C=O) groups is 2. The summed E-state index contributed by atoms with van der Waals surface area (Å²) in [5, 5.41) is 3.32. The Morgan fingerprint density at radius 1 is 1.04 bits per heavy atom. The smallest absolute Gasteiger partial charge is 0.238 e. The van der Waals surface area contributed by atoms with E-state index in [0.717, 1.165) is 12.2 Å². The number of halogens is 1. The topological polar surface area (TPSA) is 61.9 Å². The number of anilines is 1. The molecule has 150 valence electrons. The van der Waals surface area contributed by atoms with Crippen LogP contribution in [0, 0.1) is 0 Å². The van der Waals surface area contributed by atoms with E-state index in [-0.39, 0.29) is 24.9 Å². The van der Waals surface area contributed by atoms with E-state index in [2.05, 4.69) is 5.32 Å². The fourth-order valence-corrected chi connectivity index (χ4v) is 2.74. The maximum Gasteiger partial charge on any atom is 0.238 e. The van der Waals surface area contributed by atoms with Gasteiger partial charge in [0.1, 0.15) is 5.75 Å². The van der Waals surface area contributed by atoms with Gasteiger partial charge in [-0.05, 0) is 43.8 Å². The van der Waals surface area contributed by atoms with Crippen molar-refractivity contribution in [2.75, 3.05) is 45.7 Å². The minimum absolute atomic E-state index is 0.0437. The molecular weight excluding hydrogens is 378 g/mol. The highest BCUT2D eigenvalue weighted by Gasteiger charge is 2.14. The molecule has 0 fully saturated rings. The van der Waals surface area contributed by atoms with Crippen LogP contribution in [0.1, 0.15) is 6.42 Å². The third kappa shape index (κ3) is 7.98. The SMILES string of the molecule is CN(CC(=O)Nc1cccc(Cl)c1)CC(=O)N(C)CCCOc1ccccc1. The molecule has 0 saturated carbocycles. The Kier molecular flexibility index (Phi) is 8.78. The van der Waals surface area contributed by atoms with E-state index in [1.165, 1.54) is 0 Å². The molecule has 28 heavy (non-hydrogen) atoms. The first-order valence-corrected chi connectivity index (χ1v) is 9.47. The van der Waals surface area contributed by atoms with E-state index in [1.807, 2.05) is 30.3 Å². The molecule has 0 heterocycles. The number of nitrogens with one attached hydrogen (secondary N) is 1. The van der Waals surface area contributed by atoms with E-state index in [0.29, 0.717) is 23.9 Å². The van der Waals surface area contributed by atoms with Crippen LogP contribution in [-0.4, -0.2) is 62.0 Å². The van der Waals surface area contributed by atoms with Gasteiger partial charge in [0.2, 0.25) is 11.8 Å². The van der Waals surface area contributed by atoms with E-state index in [1.54, 1.807) is 48.2 Å². The molecule has 0 aliphatic rings. The maximum absolute atomic E-state index is 12.3. The van der Waals surface area contributed by atoms with Gasteiger partial charge >= 0.3 is 0 Å². The number of rotatable bonds is 10. The first kappa shape index (κ1) is 21.7. The maximum atomic E-state index is 12.3. The van der Waals surface area contributed by atoms with Crippen molar-refractivity contribution in [3.8, 4) is 5.75 Å². The summed E-state index contributed by atoms with van der Waals surface area (Å²) in [6.07, 6.45) is 0.732. The molecule has 0 saturated heterocycles. The lowest BCUT2D eigenvalue weighted by molar-refractivity contribution is -0.131. The van der Waals surface area contributed by atoms with E-state index < -0.39 is 0 Å². The average Bonchev–Trinajstić information content (AvgIpc) is 2.65. The average molecular weight is 404 g/mol. The summed E-state index contributed by atoms with van der Waals surface area (Å²) in [6, 6.07) is 16.5. The molecule has 6 nitrogen and oxygen atoms in total. The van der Waals surface area contributed by atoms with E-state index >= 15 is 0 Å². The third-order valence-corrected chi connectivity index (χ3v) is 4.24. The third-order valence-electron chi connectivity index (χ3n) is 4.00. The lowest BCUT2D eigenvalue weighted by Crippen LogP contribution is -2.40. The fourth-order valence-electron chi connectivity index (χ4n) is 2.55. The van der Waals surface area contributed by atoms with Gasteiger partial charge in [0.15, 0.2) is 0 Å². The number of para-hydroxylation sites is 1. The van der Waals surface area contributed by atoms with Gasteiger partial charge in [-0.3, -0.25) is 14.5 Å². The molecule has 0 unspecified atom stereocenters. The second-order valence-electron chi connectivity index (χ2n) is 6.56. The van der Waals surface area contributed by atoms with Gasteiger partial charge in [-0.25, -0.2) is 0 Å². The summed E-state index contributed by atoms with van der Waals surface area (Å²) in [5.41, 5.74) is 0.632. The Labute approximate surface area is 171 Å². The molecule has 2 aromatic rings. The van der Waals surface area contributed by atoms with Crippen molar-refractivity contribution in [1.82, 2.24) is 9.80 Å². The standard InChI is InChI=1S/C21H26ClN3O3/c1-24(15-20(26)23-18-9-6-8-17(22)14-18)16-21(27)25(2)12-7-13-28-19-10-4-3-5-11-19/h3-6,8-11,14H,7,12-13,15-16H2,1-2H3,(H,23,26). The summed E-state index contributed by atoms with van der Waals surface area (Å²) >= 11 is 5.90. The molecule has 0 aromatic heterocycles. The molecule has 1 N–H and O–H groups in total. The van der Waals surface area contributed by atoms with E-state index in [4.69, 9.17) is 16.3 Å². The van der Waals surface area contributed by atoms with Crippen molar-refractivity contribution in [2.45, 2.75) is 6.42 Å². The highest BCUT2D eigenvalue weighted by Crippen LogP contribution is 2.14. The number of hydrogen-bond donors (Lipinski definition) is 1. The van der Waals surface area contributed by atoms with Crippen LogP contribution in [0.5, 0.6) is 5.75 Å². The van der Waals surface area contributed by atoms with Crippen LogP contribution in [0.4, 0.5) is 5.69 Å². The number of ether oxygens (including phenoxy) is 1. The molecule has 0 radical (unpaired) electrons. The molecule has 7 heteroatoms. The van der Waals surface area contributed by atoms with Crippen molar-refractivity contribution in [1.29, 1.82) is 0 Å². The summed E-state index contributed by atoms with van der Waals surface area (Å²) in [4.78, 5) is 27.7. The minimum atomic E-state index is -0.198. The van der Waals surface area contributed by atoms with Crippen LogP contribution < -0.4 is 10.1 Å². The molecule has 0 aliphatic carbocycles. The molecule has 2 amide bonds. The molecule has 2 aromatic carbocycles. The van der Waals surface area contributed by atoms with Crippen LogP contribution >= 0.6 is 11.6 Å². The van der Waals surface area contributed by atoms with Crippen molar-refractivity contribution >= 4 is 29.1 Å². The zero-order valence-corrected chi connectivity index (χ0v) is 17.0. The van der Waals surface area contributed by atoms with Crippen LogP contribution in [-0.2, 0) is 9.59 Å². The second kappa shape index (κ2) is 11.3. The van der Waals surface area contributed by atoms with Gasteiger partial charge in [0, 0.05) is 24.3 Å². The van der Waals surface area contributed by atoms with Gasteiger partial charge in [0.25, 0.3) is 0 Å². The van der Waals surface area contributed by atoms with Crippen molar-refractivity contribution in [3.05, 3.63) is 59.6 Å². The monoisotopic (exact) mass is 403 g/mol. The number of carbonyl (C=O) groups excluding carboxylic acids is 2. The Morgan fingerprint density at radius 3 is 2.50 bits per heavy atom. The van der Waals surface area contributed by atoms with Crippen LogP contribution in [0.2, 0.25) is 5.02 Å². The molecule has 2 rings (SSSR count). The number of benzene rings is 2. The predicted molar refractivity (Wildman–Crippen MR) is 112 cm³/mol. The molecule has 0 aliphatic heterocycles. The Hall–Kier alpha value is -2.57. The fraction of sp³-hybridized carbons (Fsp3) is 0.333. The lowest BCUT2D eigenvalue weighted by Gasteiger charge is -2.21. The quantitative estimate of drug-likeness (QED) is 0.619. The highest BCUT2D eigenvalue weighted by atomic mass is 35.5. The Bertz CT molecular complexity index is 771. The minimum Gasteiger partial charge on any atom is -0.494 e. The zero-order chi connectivity index (χ0) is 20.4. The van der Waals surface area contributed by atoms with Crippen molar-refractivity contribution < 1.29 is 14.3 Å². The molecule has 0 atom stereocenters. The number of likely N-dealkylation sites (N-methyl/N-ethyl adjacent to an activating group) is 2. The van der Waals surface area contributed by atoms with Gasteiger partial charge in [0.05, 0.1) is 19.7 Å². The Balaban J connectivity index is 1.65. The summed E-state index contributed by atoms with van der Waals surface area (Å²) < 4.78 is 5.62. The largest absolute Gasteiger partial charge is 0.494 e. The zero-order valence-electron chi connectivity index (χ0n) is 16.2. The van der Waals surface area contributed by atoms with Gasteiger partial charge in [-0.1, -0.05) is 35.9 Å². The normalized spacial score (nSPS) is 10.6. The molecule has 0 bridgehead atoms. The lowest BCUT2D eigenvalue weighted by atomic mass is 10.3. The summed E-state index contributed by atoms with van der Waals surface area (Å²) in [5.74, 6) is 0.580. The molecule has 0 spiro atoms. The summed E-state index contributed by atoms with van der Waals surface area (Å²) in [6.45, 7) is 1.41. The number of amides is 2. The predicted octanol–water partition coefficient (Wildman–Crippen LogP) is 3.14. The van der Waals surface area contributed by atoms with Crippen LogP contribution in [0.25, 0.3) is 0 Å². The van der Waals surface area contributed by atoms with Gasteiger partial charge in [-0.2, -0.15) is 0 Å². The van der Waals surface area contributed by atoms with E-state index in [9.17, 15) is 9.59 Å². The van der Waals surface area contributed by atoms with Gasteiger partial charge in [-0.15, -0.1) is 0 Å². The van der Waals surface area contributed by atoms with Crippen molar-refractivity contribution in [2.24, 2.45) is 0 Å². The first-order chi connectivity index (χ1) is 13.4. The molecular formula is C21H26ClN3O3. The number of hydrogen-bond acceptors (Lipinski definition) is 4. The van der Waals surface area contributed by atoms with Crippen LogP contribution in [0.3, 0.4) is 0 Å². The second-order valence-corrected chi connectivity index (χ2v) is 7.00.